The van der Waals surface area contributed by atoms with E-state index in [1.54, 1.807) is 25.8 Å². The summed E-state index contributed by atoms with van der Waals surface area (Å²) in [6, 6.07) is 6.87. The lowest BCUT2D eigenvalue weighted by molar-refractivity contribution is -0.121. The van der Waals surface area contributed by atoms with Crippen molar-refractivity contribution in [2.24, 2.45) is 18.0 Å². The molecule has 3 heterocycles. The van der Waals surface area contributed by atoms with Gasteiger partial charge in [-0.3, -0.25) is 9.79 Å². The van der Waals surface area contributed by atoms with Crippen LogP contribution >= 0.6 is 0 Å². The van der Waals surface area contributed by atoms with Crippen molar-refractivity contribution < 1.29 is 18.3 Å². The van der Waals surface area contributed by atoms with E-state index in [2.05, 4.69) is 9.98 Å². The van der Waals surface area contributed by atoms with E-state index in [0.29, 0.717) is 22.5 Å². The van der Waals surface area contributed by atoms with Crippen LogP contribution in [0.4, 0.5) is 8.78 Å². The highest BCUT2D eigenvalue weighted by Crippen LogP contribution is 2.42. The molecule has 2 aromatic carbocycles. The molecule has 8 heteroatoms. The van der Waals surface area contributed by atoms with E-state index in [0.717, 1.165) is 23.2 Å². The van der Waals surface area contributed by atoms with Crippen molar-refractivity contribution in [3.05, 3.63) is 72.3 Å². The first-order valence-corrected chi connectivity index (χ1v) is 9.24. The molecule has 0 N–H and O–H groups in total. The first-order chi connectivity index (χ1) is 14.4. The van der Waals surface area contributed by atoms with Crippen LogP contribution in [0.15, 0.2) is 60.1 Å². The minimum atomic E-state index is -0.818. The summed E-state index contributed by atoms with van der Waals surface area (Å²) in [4.78, 5) is 22.5. The van der Waals surface area contributed by atoms with Gasteiger partial charge in [0.25, 0.3) is 5.91 Å². The molecule has 150 valence electrons. The maximum Gasteiger partial charge on any atom is 0.272 e. The van der Waals surface area contributed by atoms with Gasteiger partial charge in [-0.1, -0.05) is 6.08 Å². The normalized spacial score (nSPS) is 17.9. The number of halogens is 2. The number of hydrogen-bond donors (Lipinski definition) is 0. The van der Waals surface area contributed by atoms with E-state index < -0.39 is 11.6 Å². The van der Waals surface area contributed by atoms with Gasteiger partial charge in [-0.15, -0.1) is 0 Å². The van der Waals surface area contributed by atoms with Gasteiger partial charge in [-0.2, -0.15) is 0 Å². The maximum absolute atomic E-state index is 14.4. The SMILES string of the molecule is CN1C=C(c2ccc3c(ncn3C)c2Oc2ccc(F)cc2F)C2C=CN=C2C1=O. The zero-order valence-electron chi connectivity index (χ0n) is 16.1. The van der Waals surface area contributed by atoms with Crippen LogP contribution in [-0.4, -0.2) is 33.1 Å². The van der Waals surface area contributed by atoms with Crippen LogP contribution in [0.1, 0.15) is 5.56 Å². The van der Waals surface area contributed by atoms with Gasteiger partial charge in [0, 0.05) is 38.1 Å². The van der Waals surface area contributed by atoms with Crippen molar-refractivity contribution in [2.45, 2.75) is 0 Å². The molecule has 5 rings (SSSR count). The Morgan fingerprint density at radius 1 is 1.13 bits per heavy atom. The number of allylic oxidation sites excluding steroid dienone is 2. The molecule has 6 nitrogen and oxygen atoms in total. The molecule has 1 unspecified atom stereocenters. The Labute approximate surface area is 170 Å². The molecule has 30 heavy (non-hydrogen) atoms. The molecule has 1 aromatic heterocycles. The van der Waals surface area contributed by atoms with Gasteiger partial charge >= 0.3 is 0 Å². The topological polar surface area (TPSA) is 59.7 Å². The number of imidazole rings is 1. The highest BCUT2D eigenvalue weighted by atomic mass is 19.1. The standard InChI is InChI=1S/C22H16F2N4O2/c1-27-10-15(13-7-8-25-19(13)22(27)29)14-4-5-17-20(26-11-28(17)2)21(14)30-18-6-3-12(23)9-16(18)24/h3-11,13H,1-2H3. The summed E-state index contributed by atoms with van der Waals surface area (Å²) in [6.07, 6.45) is 6.79. The van der Waals surface area contributed by atoms with Crippen LogP contribution in [-0.2, 0) is 11.8 Å². The van der Waals surface area contributed by atoms with Crippen LogP contribution in [0, 0.1) is 17.6 Å². The number of aryl methyl sites for hydroxylation is 1. The number of amides is 1. The van der Waals surface area contributed by atoms with Crippen molar-refractivity contribution >= 4 is 28.2 Å². The van der Waals surface area contributed by atoms with Crippen LogP contribution < -0.4 is 4.74 Å². The molecule has 2 aliphatic heterocycles. The highest BCUT2D eigenvalue weighted by Gasteiger charge is 2.35. The fraction of sp³-hybridized carbons (Fsp3) is 0.136. The maximum atomic E-state index is 14.4. The van der Waals surface area contributed by atoms with Gasteiger partial charge in [0.2, 0.25) is 0 Å². The number of ether oxygens (including phenoxy) is 1. The second-order valence-corrected chi connectivity index (χ2v) is 7.18. The molecule has 1 atom stereocenters. The molecular formula is C22H16F2N4O2. The molecule has 0 fully saturated rings. The van der Waals surface area contributed by atoms with Gasteiger partial charge in [0.05, 0.1) is 17.8 Å². The fourth-order valence-electron chi connectivity index (χ4n) is 3.76. The molecule has 3 aromatic rings. The molecule has 0 bridgehead atoms. The Balaban J connectivity index is 1.72. The summed E-state index contributed by atoms with van der Waals surface area (Å²) in [5, 5.41) is 0. The van der Waals surface area contributed by atoms with Gasteiger partial charge in [-0.05, 0) is 29.8 Å². The van der Waals surface area contributed by atoms with Gasteiger partial charge < -0.3 is 14.2 Å². The van der Waals surface area contributed by atoms with Crippen molar-refractivity contribution in [2.75, 3.05) is 7.05 Å². The Kier molecular flexibility index (Phi) is 4.02. The first-order valence-electron chi connectivity index (χ1n) is 9.24. The minimum absolute atomic E-state index is 0.118. The summed E-state index contributed by atoms with van der Waals surface area (Å²) in [7, 11) is 3.49. The van der Waals surface area contributed by atoms with Crippen molar-refractivity contribution in [1.82, 2.24) is 14.5 Å². The predicted molar refractivity (Wildman–Crippen MR) is 108 cm³/mol. The molecule has 2 aliphatic rings. The fourth-order valence-corrected chi connectivity index (χ4v) is 3.76. The Bertz CT molecular complexity index is 1310. The number of aliphatic imine (C=N–C) groups is 1. The van der Waals surface area contributed by atoms with Crippen molar-refractivity contribution in [3.63, 3.8) is 0 Å². The second-order valence-electron chi connectivity index (χ2n) is 7.18. The number of hydrogen-bond acceptors (Lipinski definition) is 4. The summed E-state index contributed by atoms with van der Waals surface area (Å²) < 4.78 is 35.5. The third kappa shape index (κ3) is 2.72. The minimum Gasteiger partial charge on any atom is -0.451 e. The zero-order chi connectivity index (χ0) is 21.0. The molecule has 0 saturated heterocycles. The van der Waals surface area contributed by atoms with Crippen LogP contribution in [0.5, 0.6) is 11.5 Å². The third-order valence-electron chi connectivity index (χ3n) is 5.26. The van der Waals surface area contributed by atoms with E-state index >= 15 is 0 Å². The van der Waals surface area contributed by atoms with E-state index in [-0.39, 0.29) is 17.6 Å². The number of carbonyl (C=O) groups excluding carboxylic acids is 1. The number of aromatic nitrogens is 2. The highest BCUT2D eigenvalue weighted by molar-refractivity contribution is 6.44. The van der Waals surface area contributed by atoms with Crippen LogP contribution in [0.25, 0.3) is 16.6 Å². The first kappa shape index (κ1) is 18.2. The average molecular weight is 406 g/mol. The predicted octanol–water partition coefficient (Wildman–Crippen LogP) is 4.04. The number of carbonyl (C=O) groups is 1. The number of nitrogens with zero attached hydrogens (tertiary/aromatic N) is 4. The van der Waals surface area contributed by atoms with Gasteiger partial charge in [-0.25, -0.2) is 13.8 Å². The van der Waals surface area contributed by atoms with E-state index in [1.165, 1.54) is 11.0 Å². The van der Waals surface area contributed by atoms with Crippen molar-refractivity contribution in [3.8, 4) is 11.5 Å². The van der Waals surface area contributed by atoms with E-state index in [4.69, 9.17) is 4.74 Å². The second kappa shape index (κ2) is 6.62. The monoisotopic (exact) mass is 406 g/mol. The Hall–Kier alpha value is -3.81. The Morgan fingerprint density at radius 2 is 1.97 bits per heavy atom. The summed E-state index contributed by atoms with van der Waals surface area (Å²) in [5.74, 6) is -1.82. The number of fused-ring (bicyclic) bond motifs is 2. The molecule has 0 saturated carbocycles. The number of rotatable bonds is 3. The van der Waals surface area contributed by atoms with E-state index in [1.807, 2.05) is 29.8 Å². The summed E-state index contributed by atoms with van der Waals surface area (Å²) in [5.41, 5.74) is 3.14. The lowest BCUT2D eigenvalue weighted by Crippen LogP contribution is -2.37. The number of benzene rings is 2. The van der Waals surface area contributed by atoms with Gasteiger partial charge in [0.1, 0.15) is 17.0 Å². The average Bonchev–Trinajstić information content (AvgIpc) is 3.35. The van der Waals surface area contributed by atoms with Crippen LogP contribution in [0.3, 0.4) is 0 Å². The quantitative estimate of drug-likeness (QED) is 0.660. The zero-order valence-corrected chi connectivity index (χ0v) is 16.1. The molecule has 0 aliphatic carbocycles. The lowest BCUT2D eigenvalue weighted by atomic mass is 9.86. The summed E-state index contributed by atoms with van der Waals surface area (Å²) >= 11 is 0. The smallest absolute Gasteiger partial charge is 0.272 e. The molecule has 1 amide bonds. The molecular weight excluding hydrogens is 390 g/mol. The van der Waals surface area contributed by atoms with E-state index in [9.17, 15) is 13.6 Å². The molecule has 0 spiro atoms. The summed E-state index contributed by atoms with van der Waals surface area (Å²) in [6.45, 7) is 0. The van der Waals surface area contributed by atoms with Gasteiger partial charge in [0.15, 0.2) is 17.3 Å². The largest absolute Gasteiger partial charge is 0.451 e. The third-order valence-corrected chi connectivity index (χ3v) is 5.26. The van der Waals surface area contributed by atoms with Crippen LogP contribution in [0.2, 0.25) is 0 Å². The Morgan fingerprint density at radius 3 is 2.77 bits per heavy atom. The molecule has 0 radical (unpaired) electrons. The van der Waals surface area contributed by atoms with Crippen molar-refractivity contribution in [1.29, 1.82) is 0 Å². The lowest BCUT2D eigenvalue weighted by Gasteiger charge is -2.27.